The maximum atomic E-state index is 12.6. The van der Waals surface area contributed by atoms with Crippen LogP contribution in [-0.2, 0) is 0 Å². The van der Waals surface area contributed by atoms with E-state index in [-0.39, 0.29) is 5.91 Å². The zero-order valence-corrected chi connectivity index (χ0v) is 17.2. The summed E-state index contributed by atoms with van der Waals surface area (Å²) in [6.07, 6.45) is 5.48. The summed E-state index contributed by atoms with van der Waals surface area (Å²) in [7, 11) is 0. The van der Waals surface area contributed by atoms with Gasteiger partial charge in [-0.2, -0.15) is 4.37 Å². The van der Waals surface area contributed by atoms with Gasteiger partial charge in [-0.1, -0.05) is 12.1 Å². The monoisotopic (exact) mass is 407 g/mol. The minimum Gasteiger partial charge on any atom is -0.353 e. The van der Waals surface area contributed by atoms with Crippen molar-refractivity contribution in [2.45, 2.75) is 18.9 Å². The van der Waals surface area contributed by atoms with Crippen LogP contribution in [0, 0.1) is 0 Å². The Hall–Kier alpha value is -2.51. The minimum absolute atomic E-state index is 0.131. The molecule has 1 aromatic carbocycles. The van der Waals surface area contributed by atoms with Gasteiger partial charge in [-0.05, 0) is 48.6 Å². The highest BCUT2D eigenvalue weighted by molar-refractivity contribution is 7.13. The van der Waals surface area contributed by atoms with Gasteiger partial charge in [0.25, 0.3) is 5.91 Å². The molecule has 1 amide bonds. The van der Waals surface area contributed by atoms with E-state index in [0.717, 1.165) is 63.5 Å². The van der Waals surface area contributed by atoms with E-state index < -0.39 is 0 Å². The third-order valence-electron chi connectivity index (χ3n) is 6.17. The van der Waals surface area contributed by atoms with Gasteiger partial charge in [0, 0.05) is 68.7 Å². The summed E-state index contributed by atoms with van der Waals surface area (Å²) in [5.74, 6) is 1.27. The number of pyridine rings is 1. The Bertz CT molecular complexity index is 975. The van der Waals surface area contributed by atoms with E-state index in [4.69, 9.17) is 4.37 Å². The molecule has 6 nitrogen and oxygen atoms in total. The summed E-state index contributed by atoms with van der Waals surface area (Å²) in [5.41, 5.74) is 0.738. The first-order chi connectivity index (χ1) is 14.3. The van der Waals surface area contributed by atoms with Crippen LogP contribution in [0.2, 0.25) is 0 Å². The molecule has 0 unspecified atom stereocenters. The van der Waals surface area contributed by atoms with Crippen molar-refractivity contribution in [1.82, 2.24) is 19.2 Å². The zero-order chi connectivity index (χ0) is 19.6. The van der Waals surface area contributed by atoms with E-state index in [0.29, 0.717) is 6.04 Å². The van der Waals surface area contributed by atoms with E-state index in [1.54, 1.807) is 36.1 Å². The van der Waals surface area contributed by atoms with Gasteiger partial charge in [-0.15, -0.1) is 0 Å². The first kappa shape index (κ1) is 18.5. The van der Waals surface area contributed by atoms with Crippen LogP contribution in [0.4, 0.5) is 5.82 Å². The summed E-state index contributed by atoms with van der Waals surface area (Å²) in [6, 6.07) is 12.7. The van der Waals surface area contributed by atoms with Crippen LogP contribution in [0.5, 0.6) is 0 Å². The molecular weight excluding hydrogens is 382 g/mol. The topological polar surface area (TPSA) is 52.6 Å². The van der Waals surface area contributed by atoms with Gasteiger partial charge in [-0.25, -0.2) is 0 Å². The number of amides is 1. The van der Waals surface area contributed by atoms with Crippen LogP contribution in [0.3, 0.4) is 0 Å². The van der Waals surface area contributed by atoms with Gasteiger partial charge < -0.3 is 9.80 Å². The number of piperazine rings is 1. The summed E-state index contributed by atoms with van der Waals surface area (Å²) < 4.78 is 5.98. The van der Waals surface area contributed by atoms with Crippen LogP contribution < -0.4 is 4.90 Å². The summed E-state index contributed by atoms with van der Waals surface area (Å²) in [5, 5.41) is 1.27. The standard InChI is InChI=1S/C22H25N5OS/c28-22(17-5-9-23-10-6-17)27-11-7-18(8-12-27)25-13-15-26(16-14-25)21-19-3-1-2-4-20(19)29-24-21/h1-6,9-10,18H,7-8,11-16H2. The number of hydrogen-bond donors (Lipinski definition) is 0. The molecule has 2 aromatic heterocycles. The van der Waals surface area contributed by atoms with Gasteiger partial charge in [0.15, 0.2) is 0 Å². The molecule has 29 heavy (non-hydrogen) atoms. The van der Waals surface area contributed by atoms with Gasteiger partial charge >= 0.3 is 0 Å². The minimum atomic E-state index is 0.131. The molecule has 2 saturated heterocycles. The van der Waals surface area contributed by atoms with Crippen molar-refractivity contribution in [1.29, 1.82) is 0 Å². The fourth-order valence-electron chi connectivity index (χ4n) is 4.51. The van der Waals surface area contributed by atoms with Crippen LogP contribution in [0.15, 0.2) is 48.8 Å². The second-order valence-corrected chi connectivity index (χ2v) is 8.59. The summed E-state index contributed by atoms with van der Waals surface area (Å²) in [6.45, 7) is 5.84. The number of nitrogens with zero attached hydrogens (tertiary/aromatic N) is 5. The van der Waals surface area contributed by atoms with E-state index in [2.05, 4.69) is 39.0 Å². The molecule has 0 bridgehead atoms. The normalized spacial score (nSPS) is 19.0. The Morgan fingerprint density at radius 3 is 2.41 bits per heavy atom. The molecule has 4 heterocycles. The summed E-state index contributed by atoms with van der Waals surface area (Å²) >= 11 is 1.59. The maximum absolute atomic E-state index is 12.6. The van der Waals surface area contributed by atoms with E-state index in [1.807, 2.05) is 4.90 Å². The Morgan fingerprint density at radius 2 is 1.66 bits per heavy atom. The second kappa shape index (κ2) is 8.08. The number of carbonyl (C=O) groups excluding carboxylic acids is 1. The van der Waals surface area contributed by atoms with Crippen molar-refractivity contribution < 1.29 is 4.79 Å². The lowest BCUT2D eigenvalue weighted by atomic mass is 10.0. The van der Waals surface area contributed by atoms with Crippen molar-refractivity contribution in [3.8, 4) is 0 Å². The first-order valence-electron chi connectivity index (χ1n) is 10.3. The molecule has 0 N–H and O–H groups in total. The zero-order valence-electron chi connectivity index (χ0n) is 16.4. The Labute approximate surface area is 174 Å². The number of carbonyl (C=O) groups is 1. The maximum Gasteiger partial charge on any atom is 0.253 e. The smallest absolute Gasteiger partial charge is 0.253 e. The molecule has 3 aromatic rings. The van der Waals surface area contributed by atoms with Crippen molar-refractivity contribution >= 4 is 33.3 Å². The number of piperidine rings is 1. The van der Waals surface area contributed by atoms with Crippen LogP contribution >= 0.6 is 11.5 Å². The second-order valence-electron chi connectivity index (χ2n) is 7.78. The third-order valence-corrected chi connectivity index (χ3v) is 6.98. The molecule has 0 radical (unpaired) electrons. The van der Waals surface area contributed by atoms with E-state index >= 15 is 0 Å². The Morgan fingerprint density at radius 1 is 0.931 bits per heavy atom. The number of benzene rings is 1. The van der Waals surface area contributed by atoms with Crippen molar-refractivity contribution in [3.05, 3.63) is 54.4 Å². The molecule has 0 saturated carbocycles. The predicted octanol–water partition coefficient (Wildman–Crippen LogP) is 3.12. The highest BCUT2D eigenvalue weighted by Gasteiger charge is 2.30. The Kier molecular flexibility index (Phi) is 5.16. The average molecular weight is 408 g/mol. The van der Waals surface area contributed by atoms with E-state index in [1.165, 1.54) is 10.1 Å². The molecule has 2 aliphatic heterocycles. The molecule has 150 valence electrons. The number of fused-ring (bicyclic) bond motifs is 1. The molecule has 2 fully saturated rings. The number of anilines is 1. The summed E-state index contributed by atoms with van der Waals surface area (Å²) in [4.78, 5) is 23.7. The van der Waals surface area contributed by atoms with E-state index in [9.17, 15) is 4.79 Å². The highest BCUT2D eigenvalue weighted by Crippen LogP contribution is 2.30. The lowest BCUT2D eigenvalue weighted by Crippen LogP contribution is -2.53. The molecule has 0 spiro atoms. The largest absolute Gasteiger partial charge is 0.353 e. The van der Waals surface area contributed by atoms with Crippen molar-refractivity contribution in [3.63, 3.8) is 0 Å². The molecule has 5 rings (SSSR count). The molecule has 0 aliphatic carbocycles. The third kappa shape index (κ3) is 3.72. The lowest BCUT2D eigenvalue weighted by Gasteiger charge is -2.43. The van der Waals surface area contributed by atoms with Gasteiger partial charge in [0.05, 0.1) is 4.70 Å². The van der Waals surface area contributed by atoms with Crippen molar-refractivity contribution in [2.24, 2.45) is 0 Å². The van der Waals surface area contributed by atoms with Crippen LogP contribution in [-0.4, -0.2) is 70.4 Å². The Balaban J connectivity index is 1.16. The fourth-order valence-corrected chi connectivity index (χ4v) is 5.31. The van der Waals surface area contributed by atoms with Crippen LogP contribution in [0.25, 0.3) is 10.1 Å². The number of aromatic nitrogens is 2. The predicted molar refractivity (Wildman–Crippen MR) is 117 cm³/mol. The van der Waals surface area contributed by atoms with Gasteiger partial charge in [0.2, 0.25) is 0 Å². The average Bonchev–Trinajstić information content (AvgIpc) is 3.24. The lowest BCUT2D eigenvalue weighted by molar-refractivity contribution is 0.0611. The SMILES string of the molecule is O=C(c1ccncc1)N1CCC(N2CCN(c3nsc4ccccc34)CC2)CC1. The molecule has 0 atom stereocenters. The van der Waals surface area contributed by atoms with Crippen molar-refractivity contribution in [2.75, 3.05) is 44.2 Å². The molecule has 7 heteroatoms. The highest BCUT2D eigenvalue weighted by atomic mass is 32.1. The van der Waals surface area contributed by atoms with Gasteiger partial charge in [-0.3, -0.25) is 14.7 Å². The fraction of sp³-hybridized carbons (Fsp3) is 0.409. The molecular formula is C22H25N5OS. The number of rotatable bonds is 3. The number of hydrogen-bond acceptors (Lipinski definition) is 6. The molecule has 2 aliphatic rings. The number of likely N-dealkylation sites (tertiary alicyclic amines) is 1. The van der Waals surface area contributed by atoms with Gasteiger partial charge in [0.1, 0.15) is 5.82 Å². The van der Waals surface area contributed by atoms with Crippen LogP contribution in [0.1, 0.15) is 23.2 Å². The first-order valence-corrected chi connectivity index (χ1v) is 11.1. The quantitative estimate of drug-likeness (QED) is 0.668.